The lowest BCUT2D eigenvalue weighted by molar-refractivity contribution is 0.370. The molecule has 0 aliphatic rings. The Morgan fingerprint density at radius 3 is 2.79 bits per heavy atom. The van der Waals surface area contributed by atoms with Gasteiger partial charge in [0.1, 0.15) is 0 Å². The molecule has 0 unspecified atom stereocenters. The second-order valence-corrected chi connectivity index (χ2v) is 4.13. The summed E-state index contributed by atoms with van der Waals surface area (Å²) >= 11 is 2.20. The third-order valence-electron chi connectivity index (χ3n) is 2.04. The highest BCUT2D eigenvalue weighted by atomic mass is 127. The number of phenolic OH excluding ortho intramolecular Hbond substituents is 1. The molecule has 3 N–H and O–H groups in total. The summed E-state index contributed by atoms with van der Waals surface area (Å²) in [5, 5.41) is 9.83. The van der Waals surface area contributed by atoms with E-state index >= 15 is 0 Å². The van der Waals surface area contributed by atoms with Crippen LogP contribution in [0.3, 0.4) is 0 Å². The van der Waals surface area contributed by atoms with Crippen molar-refractivity contribution in [1.29, 1.82) is 0 Å². The summed E-state index contributed by atoms with van der Waals surface area (Å²) in [6.07, 6.45) is 1.66. The highest BCUT2D eigenvalue weighted by Gasteiger charge is 2.10. The second-order valence-electron chi connectivity index (χ2n) is 2.97. The van der Waals surface area contributed by atoms with Gasteiger partial charge in [0.2, 0.25) is 0 Å². The predicted octanol–water partition coefficient (Wildman–Crippen LogP) is 1.90. The van der Waals surface area contributed by atoms with Crippen LogP contribution < -0.4 is 10.5 Å². The Hall–Kier alpha value is -0.490. The average molecular weight is 307 g/mol. The van der Waals surface area contributed by atoms with Gasteiger partial charge in [-0.25, -0.2) is 0 Å². The lowest BCUT2D eigenvalue weighted by atomic mass is 10.1. The van der Waals surface area contributed by atoms with Gasteiger partial charge in [-0.05, 0) is 54.1 Å². The lowest BCUT2D eigenvalue weighted by Crippen LogP contribution is -2.02. The second kappa shape index (κ2) is 5.41. The minimum absolute atomic E-state index is 0.243. The van der Waals surface area contributed by atoms with Crippen LogP contribution in [0.5, 0.6) is 11.5 Å². The number of ether oxygens (including phenoxy) is 1. The first-order valence-corrected chi connectivity index (χ1v) is 5.53. The SMILES string of the molecule is COc1ccc(I)c(CCCN)c1O. The summed E-state index contributed by atoms with van der Waals surface area (Å²) in [5.41, 5.74) is 6.36. The van der Waals surface area contributed by atoms with Crippen LogP contribution in [0.1, 0.15) is 12.0 Å². The quantitative estimate of drug-likeness (QED) is 0.835. The van der Waals surface area contributed by atoms with Gasteiger partial charge in [-0.2, -0.15) is 0 Å². The van der Waals surface area contributed by atoms with Crippen LogP contribution >= 0.6 is 22.6 Å². The summed E-state index contributed by atoms with van der Waals surface area (Å²) < 4.78 is 6.09. The molecule has 0 saturated carbocycles. The topological polar surface area (TPSA) is 55.5 Å². The van der Waals surface area contributed by atoms with Crippen LogP contribution in [-0.2, 0) is 6.42 Å². The van der Waals surface area contributed by atoms with Crippen molar-refractivity contribution >= 4 is 22.6 Å². The molecule has 0 aliphatic heterocycles. The molecule has 0 spiro atoms. The third-order valence-corrected chi connectivity index (χ3v) is 3.05. The summed E-state index contributed by atoms with van der Waals surface area (Å²) in [6, 6.07) is 3.70. The lowest BCUT2D eigenvalue weighted by Gasteiger charge is -2.10. The fourth-order valence-electron chi connectivity index (χ4n) is 1.27. The Bertz CT molecular complexity index is 315. The Labute approximate surface area is 97.4 Å². The van der Waals surface area contributed by atoms with Gasteiger partial charge in [-0.3, -0.25) is 0 Å². The average Bonchev–Trinajstić information content (AvgIpc) is 2.18. The molecule has 0 aliphatic carbocycles. The number of hydrogen-bond acceptors (Lipinski definition) is 3. The van der Waals surface area contributed by atoms with Crippen molar-refractivity contribution in [2.45, 2.75) is 12.8 Å². The number of halogens is 1. The highest BCUT2D eigenvalue weighted by molar-refractivity contribution is 14.1. The van der Waals surface area contributed by atoms with E-state index in [4.69, 9.17) is 10.5 Å². The number of phenols is 1. The van der Waals surface area contributed by atoms with Crippen molar-refractivity contribution in [3.8, 4) is 11.5 Å². The van der Waals surface area contributed by atoms with Crippen molar-refractivity contribution in [2.24, 2.45) is 5.73 Å². The number of aromatic hydroxyl groups is 1. The zero-order chi connectivity index (χ0) is 10.6. The van der Waals surface area contributed by atoms with E-state index < -0.39 is 0 Å². The molecule has 0 fully saturated rings. The molecule has 3 nitrogen and oxygen atoms in total. The van der Waals surface area contributed by atoms with Crippen LogP contribution in [0.15, 0.2) is 12.1 Å². The van der Waals surface area contributed by atoms with Gasteiger partial charge in [-0.15, -0.1) is 0 Å². The van der Waals surface area contributed by atoms with E-state index in [9.17, 15) is 5.11 Å². The Balaban J connectivity index is 2.99. The maximum Gasteiger partial charge on any atom is 0.161 e. The normalized spacial score (nSPS) is 10.2. The Morgan fingerprint density at radius 2 is 2.21 bits per heavy atom. The molecule has 1 aromatic rings. The minimum atomic E-state index is 0.243. The van der Waals surface area contributed by atoms with E-state index in [1.165, 1.54) is 0 Å². The highest BCUT2D eigenvalue weighted by Crippen LogP contribution is 2.33. The first-order valence-electron chi connectivity index (χ1n) is 4.45. The number of hydrogen-bond donors (Lipinski definition) is 2. The molecule has 4 heteroatoms. The summed E-state index contributed by atoms with van der Waals surface area (Å²) in [4.78, 5) is 0. The molecule has 0 aromatic heterocycles. The number of benzene rings is 1. The van der Waals surface area contributed by atoms with Crippen molar-refractivity contribution in [3.63, 3.8) is 0 Å². The van der Waals surface area contributed by atoms with Crippen LogP contribution in [0.2, 0.25) is 0 Å². The third kappa shape index (κ3) is 2.51. The van der Waals surface area contributed by atoms with Crippen molar-refractivity contribution in [2.75, 3.05) is 13.7 Å². The number of rotatable bonds is 4. The maximum atomic E-state index is 9.83. The molecule has 0 heterocycles. The molecule has 1 aromatic carbocycles. The summed E-state index contributed by atoms with van der Waals surface area (Å²) in [6.45, 7) is 0.632. The van der Waals surface area contributed by atoms with Crippen LogP contribution in [0.4, 0.5) is 0 Å². The van der Waals surface area contributed by atoms with Crippen molar-refractivity contribution in [3.05, 3.63) is 21.3 Å². The van der Waals surface area contributed by atoms with Crippen LogP contribution in [0.25, 0.3) is 0 Å². The minimum Gasteiger partial charge on any atom is -0.504 e. The monoisotopic (exact) mass is 307 g/mol. The van der Waals surface area contributed by atoms with E-state index in [1.54, 1.807) is 13.2 Å². The summed E-state index contributed by atoms with van der Waals surface area (Å²) in [5.74, 6) is 0.769. The van der Waals surface area contributed by atoms with Gasteiger partial charge in [0.15, 0.2) is 11.5 Å². The molecule has 1 rings (SSSR count). The fraction of sp³-hybridized carbons (Fsp3) is 0.400. The van der Waals surface area contributed by atoms with Gasteiger partial charge in [-0.1, -0.05) is 0 Å². The first-order chi connectivity index (χ1) is 6.70. The fourth-order valence-corrected chi connectivity index (χ4v) is 1.98. The molecule has 0 amide bonds. The molecule has 0 bridgehead atoms. The van der Waals surface area contributed by atoms with Crippen LogP contribution in [-0.4, -0.2) is 18.8 Å². The molecule has 0 radical (unpaired) electrons. The smallest absolute Gasteiger partial charge is 0.161 e. The Kier molecular flexibility index (Phi) is 4.47. The standard InChI is InChI=1S/C10H14INO2/c1-14-9-5-4-8(11)7(10(9)13)3-2-6-12/h4-5,13H,2-3,6,12H2,1H3. The van der Waals surface area contributed by atoms with Gasteiger partial charge < -0.3 is 15.6 Å². The van der Waals surface area contributed by atoms with Gasteiger partial charge in [0.25, 0.3) is 0 Å². The first kappa shape index (κ1) is 11.6. The van der Waals surface area contributed by atoms with E-state index in [0.29, 0.717) is 12.3 Å². The van der Waals surface area contributed by atoms with Crippen LogP contribution in [0, 0.1) is 3.57 Å². The predicted molar refractivity (Wildman–Crippen MR) is 64.8 cm³/mol. The maximum absolute atomic E-state index is 9.83. The summed E-state index contributed by atoms with van der Waals surface area (Å²) in [7, 11) is 1.55. The van der Waals surface area contributed by atoms with Crippen molar-refractivity contribution in [1.82, 2.24) is 0 Å². The van der Waals surface area contributed by atoms with E-state index in [-0.39, 0.29) is 5.75 Å². The largest absolute Gasteiger partial charge is 0.504 e. The van der Waals surface area contributed by atoms with E-state index in [2.05, 4.69) is 22.6 Å². The van der Waals surface area contributed by atoms with Gasteiger partial charge in [0, 0.05) is 9.13 Å². The molecule has 14 heavy (non-hydrogen) atoms. The van der Waals surface area contributed by atoms with E-state index in [0.717, 1.165) is 22.0 Å². The molecule has 0 atom stereocenters. The van der Waals surface area contributed by atoms with Gasteiger partial charge in [0.05, 0.1) is 7.11 Å². The Morgan fingerprint density at radius 1 is 1.50 bits per heavy atom. The van der Waals surface area contributed by atoms with E-state index in [1.807, 2.05) is 6.07 Å². The number of nitrogens with two attached hydrogens (primary N) is 1. The zero-order valence-electron chi connectivity index (χ0n) is 8.09. The number of methoxy groups -OCH3 is 1. The molecular weight excluding hydrogens is 293 g/mol. The van der Waals surface area contributed by atoms with Crippen molar-refractivity contribution < 1.29 is 9.84 Å². The molecular formula is C10H14INO2. The molecule has 78 valence electrons. The van der Waals surface area contributed by atoms with Gasteiger partial charge >= 0.3 is 0 Å². The molecule has 0 saturated heterocycles. The zero-order valence-corrected chi connectivity index (χ0v) is 10.2.